The minimum atomic E-state index is -0.620. The molecule has 0 fully saturated rings. The normalized spacial score (nSPS) is 18.9. The topological polar surface area (TPSA) is 78.4 Å². The maximum Gasteiger partial charge on any atom is 0.311 e. The molecule has 0 spiro atoms. The third-order valence-corrected chi connectivity index (χ3v) is 2.10. The monoisotopic (exact) mass is 198 g/mol. The van der Waals surface area contributed by atoms with E-state index < -0.39 is 16.8 Å². The summed E-state index contributed by atoms with van der Waals surface area (Å²) in [5.41, 5.74) is 5.38. The lowest BCUT2D eigenvalue weighted by molar-refractivity contribution is -0.385. The molecule has 2 rings (SSSR count). The van der Waals surface area contributed by atoms with Gasteiger partial charge in [-0.25, -0.2) is 4.39 Å². The van der Waals surface area contributed by atoms with Crippen molar-refractivity contribution in [2.75, 3.05) is 6.61 Å². The highest BCUT2D eigenvalue weighted by molar-refractivity contribution is 5.55. The Morgan fingerprint density at radius 2 is 2.36 bits per heavy atom. The van der Waals surface area contributed by atoms with Crippen LogP contribution in [-0.2, 0) is 0 Å². The van der Waals surface area contributed by atoms with Crippen LogP contribution < -0.4 is 10.5 Å². The van der Waals surface area contributed by atoms with Crippen LogP contribution in [0.5, 0.6) is 5.75 Å². The van der Waals surface area contributed by atoms with Crippen molar-refractivity contribution in [3.05, 3.63) is 33.6 Å². The molecule has 0 aliphatic carbocycles. The number of nitro groups is 1. The molecule has 0 aromatic heterocycles. The van der Waals surface area contributed by atoms with Crippen LogP contribution in [0.2, 0.25) is 0 Å². The molecule has 1 aliphatic rings. The summed E-state index contributed by atoms with van der Waals surface area (Å²) in [6.45, 7) is 0.0805. The van der Waals surface area contributed by atoms with Gasteiger partial charge in [-0.05, 0) is 6.07 Å². The fourth-order valence-corrected chi connectivity index (χ4v) is 1.46. The van der Waals surface area contributed by atoms with Gasteiger partial charge in [0.25, 0.3) is 0 Å². The molecule has 1 heterocycles. The Balaban J connectivity index is 2.64. The van der Waals surface area contributed by atoms with E-state index in [1.165, 1.54) is 0 Å². The van der Waals surface area contributed by atoms with E-state index in [1.807, 2.05) is 0 Å². The highest BCUT2D eigenvalue weighted by atomic mass is 19.1. The first-order chi connectivity index (χ1) is 6.61. The molecule has 2 N–H and O–H groups in total. The number of nitrogens with zero attached hydrogens (tertiary/aromatic N) is 1. The summed E-state index contributed by atoms with van der Waals surface area (Å²) in [6, 6.07) is 1.49. The van der Waals surface area contributed by atoms with Crippen LogP contribution in [0.25, 0.3) is 0 Å². The summed E-state index contributed by atoms with van der Waals surface area (Å²) in [5.74, 6) is -0.599. The zero-order chi connectivity index (χ0) is 10.3. The summed E-state index contributed by atoms with van der Waals surface area (Å²) < 4.78 is 18.2. The predicted molar refractivity (Wildman–Crippen MR) is 45.5 cm³/mol. The van der Waals surface area contributed by atoms with Crippen LogP contribution in [0.1, 0.15) is 11.6 Å². The summed E-state index contributed by atoms with van der Waals surface area (Å²) in [4.78, 5) is 9.93. The molecule has 74 valence electrons. The summed E-state index contributed by atoms with van der Waals surface area (Å²) in [7, 11) is 0. The molecule has 0 radical (unpaired) electrons. The molecule has 14 heavy (non-hydrogen) atoms. The van der Waals surface area contributed by atoms with Crippen molar-refractivity contribution in [1.29, 1.82) is 0 Å². The molecule has 0 saturated heterocycles. The van der Waals surface area contributed by atoms with Crippen LogP contribution in [0.4, 0.5) is 10.1 Å². The van der Waals surface area contributed by atoms with Gasteiger partial charge in [0.2, 0.25) is 5.75 Å². The highest BCUT2D eigenvalue weighted by Gasteiger charge is 2.31. The van der Waals surface area contributed by atoms with E-state index in [0.29, 0.717) is 0 Å². The second-order valence-electron chi connectivity index (χ2n) is 2.98. The molecular formula is C8H7FN2O3. The Morgan fingerprint density at radius 1 is 1.64 bits per heavy atom. The van der Waals surface area contributed by atoms with Gasteiger partial charge in [0, 0.05) is 6.07 Å². The molecule has 1 atom stereocenters. The van der Waals surface area contributed by atoms with E-state index in [-0.39, 0.29) is 23.6 Å². The standard InChI is InChI=1S/C8H7FN2O3/c9-4-1-2-6(11(12)13)8-7(4)5(10)3-14-8/h1-2,5H,3,10H2/t5-/m0/s1. The molecule has 1 aromatic rings. The molecule has 0 saturated carbocycles. The van der Waals surface area contributed by atoms with Crippen LogP contribution in [0.3, 0.4) is 0 Å². The van der Waals surface area contributed by atoms with Gasteiger partial charge in [-0.3, -0.25) is 10.1 Å². The van der Waals surface area contributed by atoms with Gasteiger partial charge < -0.3 is 10.5 Å². The number of rotatable bonds is 1. The molecule has 0 amide bonds. The Morgan fingerprint density at radius 3 is 3.00 bits per heavy atom. The van der Waals surface area contributed by atoms with Gasteiger partial charge in [-0.15, -0.1) is 0 Å². The second-order valence-corrected chi connectivity index (χ2v) is 2.98. The molecule has 1 aliphatic heterocycles. The zero-order valence-electron chi connectivity index (χ0n) is 7.07. The molecular weight excluding hydrogens is 191 g/mol. The van der Waals surface area contributed by atoms with Gasteiger partial charge in [-0.2, -0.15) is 0 Å². The van der Waals surface area contributed by atoms with Crippen molar-refractivity contribution >= 4 is 5.69 Å². The van der Waals surface area contributed by atoms with Gasteiger partial charge in [-0.1, -0.05) is 0 Å². The Hall–Kier alpha value is -1.69. The smallest absolute Gasteiger partial charge is 0.311 e. The van der Waals surface area contributed by atoms with Gasteiger partial charge in [0.1, 0.15) is 12.4 Å². The van der Waals surface area contributed by atoms with Crippen LogP contribution >= 0.6 is 0 Å². The van der Waals surface area contributed by atoms with E-state index in [0.717, 1.165) is 12.1 Å². The first-order valence-corrected chi connectivity index (χ1v) is 3.96. The number of benzene rings is 1. The van der Waals surface area contributed by atoms with Crippen LogP contribution in [0, 0.1) is 15.9 Å². The minimum absolute atomic E-state index is 0.0394. The number of fused-ring (bicyclic) bond motifs is 1. The van der Waals surface area contributed by atoms with Crippen molar-refractivity contribution in [2.24, 2.45) is 5.73 Å². The SMILES string of the molecule is N[C@H]1COc2c([N+](=O)[O-])ccc(F)c21. The molecule has 6 heteroatoms. The number of ether oxygens (including phenoxy) is 1. The van der Waals surface area contributed by atoms with Gasteiger partial charge >= 0.3 is 5.69 Å². The molecule has 0 unspecified atom stereocenters. The lowest BCUT2D eigenvalue weighted by Gasteiger charge is -2.02. The maximum atomic E-state index is 13.2. The number of halogens is 1. The van der Waals surface area contributed by atoms with Crippen molar-refractivity contribution < 1.29 is 14.1 Å². The third kappa shape index (κ3) is 1.12. The van der Waals surface area contributed by atoms with Gasteiger partial charge in [0.05, 0.1) is 16.5 Å². The Bertz CT molecular complexity index is 408. The number of hydrogen-bond acceptors (Lipinski definition) is 4. The quantitative estimate of drug-likeness (QED) is 0.541. The average molecular weight is 198 g/mol. The molecule has 5 nitrogen and oxygen atoms in total. The first kappa shape index (κ1) is 8.89. The van der Waals surface area contributed by atoms with E-state index in [4.69, 9.17) is 10.5 Å². The molecule has 1 aromatic carbocycles. The summed E-state index contributed by atoms with van der Waals surface area (Å²) in [5, 5.41) is 10.5. The van der Waals surface area contributed by atoms with E-state index in [9.17, 15) is 14.5 Å². The van der Waals surface area contributed by atoms with Crippen LogP contribution in [-0.4, -0.2) is 11.5 Å². The predicted octanol–water partition coefficient (Wildman–Crippen LogP) is 1.13. The van der Waals surface area contributed by atoms with Crippen molar-refractivity contribution in [1.82, 2.24) is 0 Å². The average Bonchev–Trinajstić information content (AvgIpc) is 2.49. The lowest BCUT2D eigenvalue weighted by atomic mass is 10.1. The lowest BCUT2D eigenvalue weighted by Crippen LogP contribution is -2.11. The summed E-state index contributed by atoms with van der Waals surface area (Å²) >= 11 is 0. The van der Waals surface area contributed by atoms with E-state index in [1.54, 1.807) is 0 Å². The first-order valence-electron chi connectivity index (χ1n) is 3.96. The Labute approximate surface area is 78.4 Å². The number of hydrogen-bond donors (Lipinski definition) is 1. The minimum Gasteiger partial charge on any atom is -0.484 e. The second kappa shape index (κ2) is 2.91. The fraction of sp³-hybridized carbons (Fsp3) is 0.250. The van der Waals surface area contributed by atoms with Gasteiger partial charge in [0.15, 0.2) is 0 Å². The van der Waals surface area contributed by atoms with E-state index >= 15 is 0 Å². The largest absolute Gasteiger partial charge is 0.484 e. The molecule has 0 bridgehead atoms. The maximum absolute atomic E-state index is 13.2. The number of nitrogens with two attached hydrogens (primary N) is 1. The highest BCUT2D eigenvalue weighted by Crippen LogP contribution is 2.40. The zero-order valence-corrected chi connectivity index (χ0v) is 7.07. The van der Waals surface area contributed by atoms with Crippen molar-refractivity contribution in [3.63, 3.8) is 0 Å². The summed E-state index contributed by atoms with van der Waals surface area (Å²) in [6.07, 6.45) is 0. The van der Waals surface area contributed by atoms with E-state index in [2.05, 4.69) is 0 Å². The third-order valence-electron chi connectivity index (χ3n) is 2.10. The van der Waals surface area contributed by atoms with Crippen molar-refractivity contribution in [3.8, 4) is 5.75 Å². The Kier molecular flexibility index (Phi) is 1.85. The fourth-order valence-electron chi connectivity index (χ4n) is 1.46. The number of nitro benzene ring substituents is 1. The van der Waals surface area contributed by atoms with Crippen molar-refractivity contribution in [2.45, 2.75) is 6.04 Å². The van der Waals surface area contributed by atoms with Crippen LogP contribution in [0.15, 0.2) is 12.1 Å².